The fourth-order valence-corrected chi connectivity index (χ4v) is 3.49. The van der Waals surface area contributed by atoms with E-state index < -0.39 is 6.67 Å². The Morgan fingerprint density at radius 3 is 2.55 bits per heavy atom. The average molecular weight is 279 g/mol. The van der Waals surface area contributed by atoms with Crippen molar-refractivity contribution in [1.29, 1.82) is 0 Å². The Balaban J connectivity index is 2.10. The first-order valence-electron chi connectivity index (χ1n) is 7.48. The van der Waals surface area contributed by atoms with E-state index in [0.29, 0.717) is 31.1 Å². The van der Waals surface area contributed by atoms with E-state index in [0.717, 1.165) is 24.2 Å². The highest BCUT2D eigenvalue weighted by Crippen LogP contribution is 2.47. The lowest BCUT2D eigenvalue weighted by Crippen LogP contribution is -2.38. The van der Waals surface area contributed by atoms with Gasteiger partial charge in [-0.2, -0.15) is 0 Å². The summed E-state index contributed by atoms with van der Waals surface area (Å²) in [5, 5.41) is 0. The lowest BCUT2D eigenvalue weighted by atomic mass is 9.69. The van der Waals surface area contributed by atoms with Gasteiger partial charge in [0.25, 0.3) is 0 Å². The van der Waals surface area contributed by atoms with Crippen LogP contribution in [-0.2, 0) is 12.1 Å². The number of ether oxygens (including phenoxy) is 2. The van der Waals surface area contributed by atoms with Crippen LogP contribution in [0.15, 0.2) is 12.1 Å². The Hall–Kier alpha value is -1.29. The summed E-state index contributed by atoms with van der Waals surface area (Å²) in [6.45, 7) is 1.18. The molecule has 2 N–H and O–H groups in total. The number of halogens is 1. The smallest absolute Gasteiger partial charge is 0.165 e. The van der Waals surface area contributed by atoms with Gasteiger partial charge < -0.3 is 15.2 Å². The molecule has 20 heavy (non-hydrogen) atoms. The second kappa shape index (κ2) is 5.60. The molecule has 0 bridgehead atoms. The second-order valence-corrected chi connectivity index (χ2v) is 5.85. The Labute approximate surface area is 119 Å². The highest BCUT2D eigenvalue weighted by atomic mass is 19.1. The molecular formula is C16H22FNO2. The molecule has 1 fully saturated rings. The van der Waals surface area contributed by atoms with E-state index in [1.165, 1.54) is 19.3 Å². The zero-order chi connectivity index (χ0) is 14.0. The number of hydrogen-bond acceptors (Lipinski definition) is 3. The fourth-order valence-electron chi connectivity index (χ4n) is 3.49. The Morgan fingerprint density at radius 2 is 1.85 bits per heavy atom. The third-order valence-corrected chi connectivity index (χ3v) is 4.63. The van der Waals surface area contributed by atoms with Gasteiger partial charge in [-0.3, -0.25) is 0 Å². The predicted molar refractivity (Wildman–Crippen MR) is 76.1 cm³/mol. The summed E-state index contributed by atoms with van der Waals surface area (Å²) < 4.78 is 24.6. The van der Waals surface area contributed by atoms with Gasteiger partial charge in [-0.1, -0.05) is 19.3 Å². The summed E-state index contributed by atoms with van der Waals surface area (Å²) in [5.41, 5.74) is 7.74. The predicted octanol–water partition coefficient (Wildman–Crippen LogP) is 3.09. The highest BCUT2D eigenvalue weighted by Gasteiger charge is 2.37. The molecule has 0 saturated heterocycles. The van der Waals surface area contributed by atoms with Crippen molar-refractivity contribution in [2.45, 2.75) is 44.2 Å². The number of hydrogen-bond donors (Lipinski definition) is 1. The van der Waals surface area contributed by atoms with E-state index in [1.807, 2.05) is 6.07 Å². The summed E-state index contributed by atoms with van der Waals surface area (Å²) in [6, 6.07) is 3.69. The van der Waals surface area contributed by atoms with E-state index in [2.05, 4.69) is 0 Å². The van der Waals surface area contributed by atoms with Gasteiger partial charge in [0.1, 0.15) is 19.9 Å². The average Bonchev–Trinajstić information content (AvgIpc) is 2.54. The van der Waals surface area contributed by atoms with Gasteiger partial charge in [-0.25, -0.2) is 4.39 Å². The molecule has 1 heterocycles. The molecule has 3 rings (SSSR count). The van der Waals surface area contributed by atoms with E-state index in [9.17, 15) is 4.39 Å². The summed E-state index contributed by atoms with van der Waals surface area (Å²) in [6.07, 6.45) is 5.70. The standard InChI is InChI=1S/C16H22FNO2/c17-10-12-8-13(15-14(9-12)19-6-7-20-15)16(11-18)4-2-1-3-5-16/h8-9H,1-7,10-11,18H2. The minimum absolute atomic E-state index is 0.0752. The van der Waals surface area contributed by atoms with Crippen LogP contribution < -0.4 is 15.2 Å². The maximum atomic E-state index is 13.1. The van der Waals surface area contributed by atoms with Crippen LogP contribution in [-0.4, -0.2) is 19.8 Å². The number of nitrogens with two attached hydrogens (primary N) is 1. The second-order valence-electron chi connectivity index (χ2n) is 5.85. The molecule has 1 aromatic carbocycles. The van der Waals surface area contributed by atoms with Crippen LogP contribution in [0.4, 0.5) is 4.39 Å². The summed E-state index contributed by atoms with van der Waals surface area (Å²) >= 11 is 0. The van der Waals surface area contributed by atoms with Crippen LogP contribution in [0.25, 0.3) is 0 Å². The molecule has 110 valence electrons. The Morgan fingerprint density at radius 1 is 1.10 bits per heavy atom. The van der Waals surface area contributed by atoms with Crippen molar-refractivity contribution in [3.8, 4) is 11.5 Å². The summed E-state index contributed by atoms with van der Waals surface area (Å²) in [7, 11) is 0. The van der Waals surface area contributed by atoms with Crippen molar-refractivity contribution in [3.05, 3.63) is 23.3 Å². The van der Waals surface area contributed by atoms with Gasteiger partial charge in [0.05, 0.1) is 0 Å². The number of rotatable bonds is 3. The van der Waals surface area contributed by atoms with Crippen LogP contribution in [0, 0.1) is 0 Å². The molecule has 0 aromatic heterocycles. The van der Waals surface area contributed by atoms with Crippen LogP contribution in [0.3, 0.4) is 0 Å². The first-order chi connectivity index (χ1) is 9.79. The van der Waals surface area contributed by atoms with E-state index in [1.54, 1.807) is 6.07 Å². The van der Waals surface area contributed by atoms with Gasteiger partial charge in [-0.15, -0.1) is 0 Å². The normalized spacial score (nSPS) is 20.7. The minimum atomic E-state index is -0.482. The SMILES string of the molecule is NCC1(c2cc(CF)cc3c2OCCO3)CCCCC1. The van der Waals surface area contributed by atoms with Gasteiger partial charge in [0.15, 0.2) is 11.5 Å². The van der Waals surface area contributed by atoms with E-state index >= 15 is 0 Å². The zero-order valence-corrected chi connectivity index (χ0v) is 11.8. The van der Waals surface area contributed by atoms with Crippen molar-refractivity contribution in [2.24, 2.45) is 5.73 Å². The third-order valence-electron chi connectivity index (χ3n) is 4.63. The molecule has 0 amide bonds. The summed E-state index contributed by atoms with van der Waals surface area (Å²) in [5.74, 6) is 1.47. The monoisotopic (exact) mass is 279 g/mol. The van der Waals surface area contributed by atoms with Crippen molar-refractivity contribution in [3.63, 3.8) is 0 Å². The van der Waals surface area contributed by atoms with Gasteiger partial charge >= 0.3 is 0 Å². The van der Waals surface area contributed by atoms with Crippen molar-refractivity contribution in [2.75, 3.05) is 19.8 Å². The van der Waals surface area contributed by atoms with Crippen LogP contribution in [0.5, 0.6) is 11.5 Å². The van der Waals surface area contributed by atoms with Crippen LogP contribution >= 0.6 is 0 Å². The molecule has 3 nitrogen and oxygen atoms in total. The van der Waals surface area contributed by atoms with Crippen LogP contribution in [0.2, 0.25) is 0 Å². The lowest BCUT2D eigenvalue weighted by Gasteiger charge is -2.39. The molecule has 1 saturated carbocycles. The maximum absolute atomic E-state index is 13.1. The Bertz CT molecular complexity index is 484. The molecule has 1 aromatic rings. The van der Waals surface area contributed by atoms with E-state index in [4.69, 9.17) is 15.2 Å². The van der Waals surface area contributed by atoms with Gasteiger partial charge in [0.2, 0.25) is 0 Å². The number of alkyl halides is 1. The van der Waals surface area contributed by atoms with E-state index in [-0.39, 0.29) is 5.41 Å². The molecule has 0 radical (unpaired) electrons. The fraction of sp³-hybridized carbons (Fsp3) is 0.625. The third kappa shape index (κ3) is 2.26. The molecule has 0 unspecified atom stereocenters. The quantitative estimate of drug-likeness (QED) is 0.924. The van der Waals surface area contributed by atoms with Crippen LogP contribution in [0.1, 0.15) is 43.2 Å². The first kappa shape index (κ1) is 13.7. The summed E-state index contributed by atoms with van der Waals surface area (Å²) in [4.78, 5) is 0. The molecular weight excluding hydrogens is 257 g/mol. The Kier molecular flexibility index (Phi) is 3.83. The zero-order valence-electron chi connectivity index (χ0n) is 11.8. The number of fused-ring (bicyclic) bond motifs is 1. The molecule has 2 aliphatic rings. The van der Waals surface area contributed by atoms with Gasteiger partial charge in [-0.05, 0) is 30.5 Å². The number of benzene rings is 1. The molecule has 0 atom stereocenters. The largest absolute Gasteiger partial charge is 0.486 e. The topological polar surface area (TPSA) is 44.5 Å². The first-order valence-corrected chi connectivity index (χ1v) is 7.48. The van der Waals surface area contributed by atoms with Crippen molar-refractivity contribution >= 4 is 0 Å². The van der Waals surface area contributed by atoms with Gasteiger partial charge in [0, 0.05) is 17.5 Å². The highest BCUT2D eigenvalue weighted by molar-refractivity contribution is 5.53. The van der Waals surface area contributed by atoms with Crippen molar-refractivity contribution < 1.29 is 13.9 Å². The maximum Gasteiger partial charge on any atom is 0.165 e. The molecule has 1 aliphatic heterocycles. The molecule has 0 spiro atoms. The lowest BCUT2D eigenvalue weighted by molar-refractivity contribution is 0.163. The van der Waals surface area contributed by atoms with Crippen molar-refractivity contribution in [1.82, 2.24) is 0 Å². The minimum Gasteiger partial charge on any atom is -0.486 e. The molecule has 1 aliphatic carbocycles. The molecule has 4 heteroatoms.